The number of carbonyl (C=O) groups excluding carboxylic acids is 2. The fourth-order valence-corrected chi connectivity index (χ4v) is 5.63. The Kier molecular flexibility index (Phi) is 9.58. The third-order valence-electron chi connectivity index (χ3n) is 5.96. The largest absolute Gasteiger partial charge is 0.352 e. The number of hydrogen-bond acceptors (Lipinski definition) is 4. The van der Waals surface area contributed by atoms with E-state index < -0.39 is 28.5 Å². The van der Waals surface area contributed by atoms with E-state index in [-0.39, 0.29) is 23.4 Å². The highest BCUT2D eigenvalue weighted by molar-refractivity contribution is 7.89. The number of hydrogen-bond donors (Lipinski definition) is 1. The molecule has 1 N–H and O–H groups in total. The van der Waals surface area contributed by atoms with Crippen LogP contribution in [0, 0.1) is 0 Å². The zero-order chi connectivity index (χ0) is 27.3. The van der Waals surface area contributed by atoms with Crippen LogP contribution in [0.5, 0.6) is 0 Å². The monoisotopic (exact) mass is 563 g/mol. The number of sulfonamides is 1. The fraction of sp³-hybridized carbons (Fsp3) is 0.333. The van der Waals surface area contributed by atoms with Crippen LogP contribution < -0.4 is 5.32 Å². The molecule has 0 aliphatic carbocycles. The average Bonchev–Trinajstić information content (AvgIpc) is 2.84. The van der Waals surface area contributed by atoms with Crippen molar-refractivity contribution in [3.8, 4) is 0 Å². The number of benzene rings is 3. The van der Waals surface area contributed by atoms with Gasteiger partial charge in [-0.05, 0) is 60.9 Å². The van der Waals surface area contributed by atoms with Crippen molar-refractivity contribution in [2.75, 3.05) is 13.6 Å². The minimum atomic E-state index is -3.98. The zero-order valence-corrected chi connectivity index (χ0v) is 23.6. The zero-order valence-electron chi connectivity index (χ0n) is 21.2. The van der Waals surface area contributed by atoms with Gasteiger partial charge in [-0.15, -0.1) is 0 Å². The number of nitrogens with one attached hydrogen (secondary N) is 1. The summed E-state index contributed by atoms with van der Waals surface area (Å²) in [5.41, 5.74) is 0.593. The molecule has 0 radical (unpaired) electrons. The predicted molar refractivity (Wildman–Crippen MR) is 148 cm³/mol. The molecule has 0 unspecified atom stereocenters. The molecular weight excluding hydrogens is 533 g/mol. The summed E-state index contributed by atoms with van der Waals surface area (Å²) in [6.45, 7) is 5.02. The van der Waals surface area contributed by atoms with E-state index in [1.807, 2.05) is 38.1 Å². The molecule has 0 aromatic heterocycles. The van der Waals surface area contributed by atoms with Gasteiger partial charge in [-0.2, -0.15) is 4.31 Å². The van der Waals surface area contributed by atoms with Crippen LogP contribution >= 0.6 is 23.2 Å². The number of carbonyl (C=O) groups is 2. The summed E-state index contributed by atoms with van der Waals surface area (Å²) in [6, 6.07) is 16.2. The molecule has 0 fully saturated rings. The highest BCUT2D eigenvalue weighted by atomic mass is 35.5. The van der Waals surface area contributed by atoms with Gasteiger partial charge in [-0.1, -0.05) is 66.5 Å². The number of likely N-dealkylation sites (N-methyl/N-ethyl adjacent to an activating group) is 1. The van der Waals surface area contributed by atoms with Crippen LogP contribution in [0.25, 0.3) is 10.8 Å². The smallest absolute Gasteiger partial charge is 0.243 e. The van der Waals surface area contributed by atoms with Gasteiger partial charge >= 0.3 is 0 Å². The van der Waals surface area contributed by atoms with Crippen LogP contribution in [0.1, 0.15) is 32.8 Å². The molecule has 3 aromatic rings. The van der Waals surface area contributed by atoms with E-state index in [1.54, 1.807) is 37.3 Å². The van der Waals surface area contributed by atoms with Crippen molar-refractivity contribution in [2.24, 2.45) is 0 Å². The topological polar surface area (TPSA) is 86.8 Å². The molecule has 1 atom stereocenters. The lowest BCUT2D eigenvalue weighted by Gasteiger charge is -2.32. The maximum absolute atomic E-state index is 13.6. The highest BCUT2D eigenvalue weighted by Crippen LogP contribution is 2.25. The first-order valence-electron chi connectivity index (χ1n) is 11.9. The molecule has 198 valence electrons. The molecule has 3 rings (SSSR count). The Morgan fingerprint density at radius 2 is 1.65 bits per heavy atom. The molecule has 0 saturated carbocycles. The molecule has 0 spiro atoms. The van der Waals surface area contributed by atoms with E-state index in [9.17, 15) is 18.0 Å². The molecule has 0 heterocycles. The molecule has 10 heteroatoms. The maximum Gasteiger partial charge on any atom is 0.243 e. The second-order valence-corrected chi connectivity index (χ2v) is 12.0. The Balaban J connectivity index is 1.91. The van der Waals surface area contributed by atoms with Crippen molar-refractivity contribution >= 4 is 55.8 Å². The second kappa shape index (κ2) is 12.3. The lowest BCUT2D eigenvalue weighted by atomic mass is 10.1. The van der Waals surface area contributed by atoms with Crippen molar-refractivity contribution < 1.29 is 18.0 Å². The third-order valence-corrected chi connectivity index (χ3v) is 8.35. The van der Waals surface area contributed by atoms with E-state index in [1.165, 1.54) is 18.0 Å². The van der Waals surface area contributed by atoms with Crippen LogP contribution in [0.15, 0.2) is 65.6 Å². The molecule has 0 bridgehead atoms. The summed E-state index contributed by atoms with van der Waals surface area (Å²) >= 11 is 12.4. The highest BCUT2D eigenvalue weighted by Gasteiger charge is 2.32. The molecule has 0 aliphatic rings. The van der Waals surface area contributed by atoms with Crippen molar-refractivity contribution in [3.63, 3.8) is 0 Å². The standard InChI is InChI=1S/C27H31Cl2N3O4S/c1-5-25(27(34)30-18(2)3)32(16-21-10-12-22(28)15-24(21)29)26(33)17-31(4)37(35,36)23-13-11-19-8-6-7-9-20(19)14-23/h6-15,18,25H,5,16-17H2,1-4H3,(H,30,34)/t25-/m0/s1. The minimum Gasteiger partial charge on any atom is -0.352 e. The summed E-state index contributed by atoms with van der Waals surface area (Å²) in [7, 11) is -2.62. The van der Waals surface area contributed by atoms with Gasteiger partial charge in [0.15, 0.2) is 0 Å². The quantitative estimate of drug-likeness (QED) is 0.371. The Labute approximate surface area is 228 Å². The molecule has 0 aliphatic heterocycles. The first-order chi connectivity index (χ1) is 17.4. The van der Waals surface area contributed by atoms with Gasteiger partial charge in [0.25, 0.3) is 0 Å². The maximum atomic E-state index is 13.6. The fourth-order valence-electron chi connectivity index (χ4n) is 4.01. The van der Waals surface area contributed by atoms with Crippen molar-refractivity contribution in [3.05, 3.63) is 76.3 Å². The molecule has 7 nitrogen and oxygen atoms in total. The van der Waals surface area contributed by atoms with Crippen molar-refractivity contribution in [2.45, 2.75) is 50.7 Å². The number of fused-ring (bicyclic) bond motifs is 1. The van der Waals surface area contributed by atoms with Gasteiger partial charge in [0.05, 0.1) is 11.4 Å². The summed E-state index contributed by atoms with van der Waals surface area (Å²) < 4.78 is 27.7. The van der Waals surface area contributed by atoms with Gasteiger partial charge in [0.1, 0.15) is 6.04 Å². The van der Waals surface area contributed by atoms with Crippen LogP contribution in [0.4, 0.5) is 0 Å². The number of rotatable bonds is 10. The molecule has 37 heavy (non-hydrogen) atoms. The molecular formula is C27H31Cl2N3O4S. The molecule has 0 saturated heterocycles. The Morgan fingerprint density at radius 3 is 2.27 bits per heavy atom. The Hall–Kier alpha value is -2.65. The predicted octanol–water partition coefficient (Wildman–Crippen LogP) is 5.10. The van der Waals surface area contributed by atoms with Gasteiger partial charge in [-0.3, -0.25) is 9.59 Å². The van der Waals surface area contributed by atoms with Crippen LogP contribution in [0.3, 0.4) is 0 Å². The number of amides is 2. The number of nitrogens with zero attached hydrogens (tertiary/aromatic N) is 2. The van der Waals surface area contributed by atoms with E-state index in [0.29, 0.717) is 22.0 Å². The average molecular weight is 565 g/mol. The molecule has 2 amide bonds. The van der Waals surface area contributed by atoms with Gasteiger partial charge in [-0.25, -0.2) is 8.42 Å². The summed E-state index contributed by atoms with van der Waals surface area (Å²) in [5.74, 6) is -0.848. The van der Waals surface area contributed by atoms with Crippen LogP contribution in [0.2, 0.25) is 10.0 Å². The third kappa shape index (κ3) is 7.02. The lowest BCUT2D eigenvalue weighted by Crippen LogP contribution is -2.52. The SMILES string of the molecule is CC[C@@H](C(=O)NC(C)C)N(Cc1ccc(Cl)cc1Cl)C(=O)CN(C)S(=O)(=O)c1ccc2ccccc2c1. The summed E-state index contributed by atoms with van der Waals surface area (Å²) in [6.07, 6.45) is 0.330. The molecule has 3 aromatic carbocycles. The van der Waals surface area contributed by atoms with E-state index in [4.69, 9.17) is 23.2 Å². The Bertz CT molecular complexity index is 1400. The van der Waals surface area contributed by atoms with Gasteiger partial charge < -0.3 is 10.2 Å². The van der Waals surface area contributed by atoms with Crippen LogP contribution in [-0.4, -0.2) is 55.1 Å². The first-order valence-corrected chi connectivity index (χ1v) is 14.1. The van der Waals surface area contributed by atoms with Crippen LogP contribution in [-0.2, 0) is 26.2 Å². The minimum absolute atomic E-state index is 0.0166. The lowest BCUT2D eigenvalue weighted by molar-refractivity contribution is -0.141. The number of halogens is 2. The van der Waals surface area contributed by atoms with Crippen molar-refractivity contribution in [1.29, 1.82) is 0 Å². The summed E-state index contributed by atoms with van der Waals surface area (Å²) in [5, 5.41) is 5.32. The van der Waals surface area contributed by atoms with E-state index in [2.05, 4.69) is 5.32 Å². The van der Waals surface area contributed by atoms with Gasteiger partial charge in [0.2, 0.25) is 21.8 Å². The van der Waals surface area contributed by atoms with Gasteiger partial charge in [0, 0.05) is 29.7 Å². The normalized spacial score (nSPS) is 12.6. The first kappa shape index (κ1) is 28.9. The Morgan fingerprint density at radius 1 is 0.973 bits per heavy atom. The van der Waals surface area contributed by atoms with E-state index >= 15 is 0 Å². The summed E-state index contributed by atoms with van der Waals surface area (Å²) in [4.78, 5) is 28.0. The van der Waals surface area contributed by atoms with Crippen molar-refractivity contribution in [1.82, 2.24) is 14.5 Å². The van der Waals surface area contributed by atoms with E-state index in [0.717, 1.165) is 15.1 Å². The second-order valence-electron chi connectivity index (χ2n) is 9.11.